The van der Waals surface area contributed by atoms with Crippen molar-refractivity contribution in [1.29, 1.82) is 0 Å². The molecule has 1 aromatic carbocycles. The Balaban J connectivity index is 1.63. The van der Waals surface area contributed by atoms with E-state index >= 15 is 0 Å². The highest BCUT2D eigenvalue weighted by Gasteiger charge is 2.26. The molecule has 2 atom stereocenters. The van der Waals surface area contributed by atoms with E-state index in [1.165, 1.54) is 5.56 Å². The van der Waals surface area contributed by atoms with Crippen LogP contribution in [0.1, 0.15) is 56.0 Å². The van der Waals surface area contributed by atoms with Gasteiger partial charge in [0.2, 0.25) is 0 Å². The lowest BCUT2D eigenvalue weighted by Gasteiger charge is -2.35. The molecule has 0 spiro atoms. The zero-order valence-electron chi connectivity index (χ0n) is 17.1. The Bertz CT molecular complexity index is 588. The Kier molecular flexibility index (Phi) is 7.27. The molecule has 150 valence electrons. The number of hydrogen-bond acceptors (Lipinski definition) is 4. The summed E-state index contributed by atoms with van der Waals surface area (Å²) in [5.74, 6) is 0.184. The number of ether oxygens (including phenoxy) is 1. The van der Waals surface area contributed by atoms with E-state index in [0.29, 0.717) is 6.04 Å². The third kappa shape index (κ3) is 5.53. The number of piperidine rings is 1. The number of benzene rings is 1. The lowest BCUT2D eigenvalue weighted by Crippen LogP contribution is -2.46. The quantitative estimate of drug-likeness (QED) is 0.833. The number of morpholine rings is 1. The van der Waals surface area contributed by atoms with Crippen LogP contribution in [0.5, 0.6) is 0 Å². The zero-order valence-corrected chi connectivity index (χ0v) is 17.1. The predicted molar refractivity (Wildman–Crippen MR) is 109 cm³/mol. The highest BCUT2D eigenvalue weighted by Crippen LogP contribution is 2.18. The van der Waals surface area contributed by atoms with Crippen LogP contribution in [0.4, 0.5) is 0 Å². The first-order valence-electron chi connectivity index (χ1n) is 10.5. The lowest BCUT2D eigenvalue weighted by molar-refractivity contribution is -0.0704. The fourth-order valence-corrected chi connectivity index (χ4v) is 4.40. The van der Waals surface area contributed by atoms with Gasteiger partial charge >= 0.3 is 0 Å². The molecule has 5 heteroatoms. The average Bonchev–Trinajstić information content (AvgIpc) is 2.66. The van der Waals surface area contributed by atoms with Gasteiger partial charge in [-0.05, 0) is 63.9 Å². The number of hydrogen-bond donors (Lipinski definition) is 1. The SMILES string of the molecule is CCCN(C(=O)c1ccc(CN2CC(C)OC(C)C2)cc1)C1CCNCC1. The van der Waals surface area contributed by atoms with Crippen LogP contribution in [0.15, 0.2) is 24.3 Å². The molecule has 2 saturated heterocycles. The molecule has 27 heavy (non-hydrogen) atoms. The van der Waals surface area contributed by atoms with Gasteiger partial charge in [0.1, 0.15) is 0 Å². The van der Waals surface area contributed by atoms with Crippen LogP contribution in [0.25, 0.3) is 0 Å². The van der Waals surface area contributed by atoms with Gasteiger partial charge in [-0.2, -0.15) is 0 Å². The van der Waals surface area contributed by atoms with Gasteiger partial charge in [-0.3, -0.25) is 9.69 Å². The highest BCUT2D eigenvalue weighted by molar-refractivity contribution is 5.94. The second-order valence-electron chi connectivity index (χ2n) is 8.13. The molecule has 0 bridgehead atoms. The standard InChI is InChI=1S/C22H35N3O2/c1-4-13-25(21-9-11-23-12-10-21)22(26)20-7-5-19(6-8-20)16-24-14-17(2)27-18(3)15-24/h5-8,17-18,21,23H,4,9-16H2,1-3H3. The maximum Gasteiger partial charge on any atom is 0.254 e. The molecule has 3 rings (SSSR count). The second-order valence-corrected chi connectivity index (χ2v) is 8.13. The number of nitrogens with one attached hydrogen (secondary N) is 1. The van der Waals surface area contributed by atoms with Crippen LogP contribution in [0.2, 0.25) is 0 Å². The predicted octanol–water partition coefficient (Wildman–Crippen LogP) is 2.90. The number of carbonyl (C=O) groups is 1. The van der Waals surface area contributed by atoms with Crippen molar-refractivity contribution in [2.75, 3.05) is 32.7 Å². The molecule has 0 aliphatic carbocycles. The molecule has 1 N–H and O–H groups in total. The Hall–Kier alpha value is -1.43. The molecule has 5 nitrogen and oxygen atoms in total. The van der Waals surface area contributed by atoms with Crippen molar-refractivity contribution in [3.05, 3.63) is 35.4 Å². The van der Waals surface area contributed by atoms with Crippen LogP contribution in [-0.2, 0) is 11.3 Å². The van der Waals surface area contributed by atoms with Gasteiger partial charge in [0.25, 0.3) is 5.91 Å². The number of amides is 1. The maximum atomic E-state index is 13.1. The summed E-state index contributed by atoms with van der Waals surface area (Å²) in [7, 11) is 0. The molecule has 1 amide bonds. The third-order valence-electron chi connectivity index (χ3n) is 5.58. The van der Waals surface area contributed by atoms with E-state index in [1.54, 1.807) is 0 Å². The van der Waals surface area contributed by atoms with E-state index < -0.39 is 0 Å². The Labute approximate surface area is 164 Å². The molecule has 2 unspecified atom stereocenters. The average molecular weight is 374 g/mol. The minimum Gasteiger partial charge on any atom is -0.373 e. The smallest absolute Gasteiger partial charge is 0.254 e. The van der Waals surface area contributed by atoms with Crippen LogP contribution >= 0.6 is 0 Å². The van der Waals surface area contributed by atoms with E-state index in [0.717, 1.165) is 64.1 Å². The van der Waals surface area contributed by atoms with Crippen LogP contribution in [-0.4, -0.2) is 66.7 Å². The fraction of sp³-hybridized carbons (Fsp3) is 0.682. The summed E-state index contributed by atoms with van der Waals surface area (Å²) in [6.45, 7) is 12.1. The molecular formula is C22H35N3O2. The number of carbonyl (C=O) groups excluding carboxylic acids is 1. The van der Waals surface area contributed by atoms with Gasteiger partial charge in [-0.1, -0.05) is 19.1 Å². The first-order chi connectivity index (χ1) is 13.1. The zero-order chi connectivity index (χ0) is 19.2. The van der Waals surface area contributed by atoms with E-state index in [2.05, 4.69) is 48.0 Å². The molecule has 0 aromatic heterocycles. The topological polar surface area (TPSA) is 44.8 Å². The van der Waals surface area contributed by atoms with Gasteiger partial charge in [-0.15, -0.1) is 0 Å². The van der Waals surface area contributed by atoms with Gasteiger partial charge in [0, 0.05) is 37.8 Å². The monoisotopic (exact) mass is 373 g/mol. The molecule has 1 aromatic rings. The Morgan fingerprint density at radius 1 is 1.15 bits per heavy atom. The van der Waals surface area contributed by atoms with Crippen molar-refractivity contribution in [3.63, 3.8) is 0 Å². The fourth-order valence-electron chi connectivity index (χ4n) is 4.40. The van der Waals surface area contributed by atoms with Crippen molar-refractivity contribution < 1.29 is 9.53 Å². The first kappa shape index (κ1) is 20.3. The number of nitrogens with zero attached hydrogens (tertiary/aromatic N) is 2. The summed E-state index contributed by atoms with van der Waals surface area (Å²) < 4.78 is 5.82. The normalized spacial score (nSPS) is 24.7. The first-order valence-corrected chi connectivity index (χ1v) is 10.5. The minimum absolute atomic E-state index is 0.184. The van der Waals surface area contributed by atoms with Crippen molar-refractivity contribution >= 4 is 5.91 Å². The number of rotatable bonds is 6. The molecule has 2 fully saturated rings. The van der Waals surface area contributed by atoms with Crippen molar-refractivity contribution in [2.45, 2.75) is 64.8 Å². The van der Waals surface area contributed by atoms with Gasteiger partial charge in [0.05, 0.1) is 12.2 Å². The maximum absolute atomic E-state index is 13.1. The molecule has 0 saturated carbocycles. The second kappa shape index (κ2) is 9.67. The minimum atomic E-state index is 0.184. The van der Waals surface area contributed by atoms with Gasteiger partial charge < -0.3 is 15.0 Å². The largest absolute Gasteiger partial charge is 0.373 e. The van der Waals surface area contributed by atoms with E-state index in [4.69, 9.17) is 4.74 Å². The summed E-state index contributed by atoms with van der Waals surface area (Å²) in [5, 5.41) is 3.39. The summed E-state index contributed by atoms with van der Waals surface area (Å²) in [5.41, 5.74) is 2.08. The van der Waals surface area contributed by atoms with Gasteiger partial charge in [0.15, 0.2) is 0 Å². The van der Waals surface area contributed by atoms with Crippen molar-refractivity contribution in [2.24, 2.45) is 0 Å². The van der Waals surface area contributed by atoms with Crippen molar-refractivity contribution in [1.82, 2.24) is 15.1 Å². The highest BCUT2D eigenvalue weighted by atomic mass is 16.5. The van der Waals surface area contributed by atoms with Crippen LogP contribution in [0.3, 0.4) is 0 Å². The van der Waals surface area contributed by atoms with Crippen LogP contribution in [0, 0.1) is 0 Å². The summed E-state index contributed by atoms with van der Waals surface area (Å²) in [4.78, 5) is 17.6. The van der Waals surface area contributed by atoms with Crippen molar-refractivity contribution in [3.8, 4) is 0 Å². The third-order valence-corrected chi connectivity index (χ3v) is 5.58. The van der Waals surface area contributed by atoms with E-state index in [9.17, 15) is 4.79 Å². The van der Waals surface area contributed by atoms with E-state index in [1.807, 2.05) is 12.1 Å². The molecular weight excluding hydrogens is 338 g/mol. The summed E-state index contributed by atoms with van der Waals surface area (Å²) in [6.07, 6.45) is 3.67. The molecule has 2 heterocycles. The van der Waals surface area contributed by atoms with Crippen LogP contribution < -0.4 is 5.32 Å². The van der Waals surface area contributed by atoms with Gasteiger partial charge in [-0.25, -0.2) is 0 Å². The lowest BCUT2D eigenvalue weighted by atomic mass is 10.0. The molecule has 2 aliphatic rings. The molecule has 2 aliphatic heterocycles. The summed E-state index contributed by atoms with van der Waals surface area (Å²) >= 11 is 0. The Morgan fingerprint density at radius 3 is 2.37 bits per heavy atom. The molecule has 0 radical (unpaired) electrons. The van der Waals surface area contributed by atoms with E-state index in [-0.39, 0.29) is 18.1 Å². The Morgan fingerprint density at radius 2 is 1.78 bits per heavy atom. The summed E-state index contributed by atoms with van der Waals surface area (Å²) in [6, 6.07) is 8.62.